The number of allylic oxidation sites excluding steroid dienone is 1. The molecule has 0 aliphatic carbocycles. The van der Waals surface area contributed by atoms with Crippen LogP contribution >= 0.6 is 0 Å². The van der Waals surface area contributed by atoms with E-state index in [9.17, 15) is 0 Å². The molecule has 78 valence electrons. The van der Waals surface area contributed by atoms with E-state index < -0.39 is 0 Å². The Hall–Kier alpha value is -1.12. The lowest BCUT2D eigenvalue weighted by atomic mass is 10.1. The Morgan fingerprint density at radius 2 is 1.93 bits per heavy atom. The first kappa shape index (κ1) is 12.9. The van der Waals surface area contributed by atoms with Gasteiger partial charge in [0.1, 0.15) is 0 Å². The third kappa shape index (κ3) is 6.40. The van der Waals surface area contributed by atoms with Gasteiger partial charge in [-0.2, -0.15) is 0 Å². The van der Waals surface area contributed by atoms with Gasteiger partial charge in [-0.05, 0) is 19.0 Å². The second-order valence-corrected chi connectivity index (χ2v) is 2.91. The molecule has 0 aromatic heterocycles. The fourth-order valence-electron chi connectivity index (χ4n) is 0.834. The van der Waals surface area contributed by atoms with Crippen LogP contribution < -0.4 is 5.32 Å². The molecule has 0 aliphatic rings. The highest BCUT2D eigenvalue weighted by atomic mass is 16.3. The zero-order valence-corrected chi connectivity index (χ0v) is 8.96. The molecule has 2 heteroatoms. The molecule has 1 aromatic carbocycles. The molecule has 0 aliphatic heterocycles. The summed E-state index contributed by atoms with van der Waals surface area (Å²) in [4.78, 5) is 0. The van der Waals surface area contributed by atoms with Crippen LogP contribution in [-0.2, 0) is 0 Å². The third-order valence-corrected chi connectivity index (χ3v) is 1.63. The standard InChI is InChI=1S/C9H10.C3H9NO/c1-8(2)9-6-4-3-5-7-9;1-2-4-3-5/h3-7H,1H2,2H3;4-5H,2-3H2,1H3. The number of hydrogen-bond acceptors (Lipinski definition) is 2. The summed E-state index contributed by atoms with van der Waals surface area (Å²) in [6, 6.07) is 10.2. The van der Waals surface area contributed by atoms with Gasteiger partial charge in [0.05, 0.1) is 6.73 Å². The van der Waals surface area contributed by atoms with Gasteiger partial charge in [0, 0.05) is 0 Å². The van der Waals surface area contributed by atoms with Crippen LogP contribution in [0, 0.1) is 0 Å². The molecule has 0 amide bonds. The molecule has 0 unspecified atom stereocenters. The number of aliphatic hydroxyl groups excluding tert-OH is 1. The highest BCUT2D eigenvalue weighted by molar-refractivity contribution is 5.60. The predicted molar refractivity (Wildman–Crippen MR) is 61.9 cm³/mol. The van der Waals surface area contributed by atoms with Crippen LogP contribution in [0.25, 0.3) is 5.57 Å². The van der Waals surface area contributed by atoms with E-state index in [4.69, 9.17) is 5.11 Å². The van der Waals surface area contributed by atoms with Crippen molar-refractivity contribution in [1.29, 1.82) is 0 Å². The fraction of sp³-hybridized carbons (Fsp3) is 0.333. The zero-order chi connectivity index (χ0) is 10.8. The van der Waals surface area contributed by atoms with Crippen LogP contribution in [0.1, 0.15) is 19.4 Å². The molecule has 2 N–H and O–H groups in total. The van der Waals surface area contributed by atoms with E-state index >= 15 is 0 Å². The number of nitrogens with one attached hydrogen (secondary N) is 1. The van der Waals surface area contributed by atoms with Crippen molar-refractivity contribution in [2.75, 3.05) is 13.3 Å². The number of aliphatic hydroxyl groups is 1. The Morgan fingerprint density at radius 1 is 1.36 bits per heavy atom. The molecule has 0 radical (unpaired) electrons. The lowest BCUT2D eigenvalue weighted by molar-refractivity contribution is 0.264. The Kier molecular flexibility index (Phi) is 7.80. The van der Waals surface area contributed by atoms with Gasteiger partial charge in [-0.15, -0.1) is 0 Å². The number of benzene rings is 1. The lowest BCUT2D eigenvalue weighted by Crippen LogP contribution is -2.12. The van der Waals surface area contributed by atoms with Crippen LogP contribution in [0.2, 0.25) is 0 Å². The van der Waals surface area contributed by atoms with Crippen molar-refractivity contribution in [3.05, 3.63) is 42.5 Å². The first-order chi connectivity index (χ1) is 6.72. The normalized spacial score (nSPS) is 8.79. The molecule has 2 nitrogen and oxygen atoms in total. The van der Waals surface area contributed by atoms with Gasteiger partial charge in [0.2, 0.25) is 0 Å². The van der Waals surface area contributed by atoms with Crippen molar-refractivity contribution >= 4 is 5.57 Å². The molecule has 0 bridgehead atoms. The first-order valence-electron chi connectivity index (χ1n) is 4.74. The minimum absolute atomic E-state index is 0.0938. The summed E-state index contributed by atoms with van der Waals surface area (Å²) in [5.41, 5.74) is 2.34. The monoisotopic (exact) mass is 193 g/mol. The number of hydrogen-bond donors (Lipinski definition) is 2. The largest absolute Gasteiger partial charge is 0.381 e. The second kappa shape index (κ2) is 8.48. The molecule has 0 saturated carbocycles. The van der Waals surface area contributed by atoms with E-state index in [0.717, 1.165) is 12.1 Å². The summed E-state index contributed by atoms with van der Waals surface area (Å²) >= 11 is 0. The minimum Gasteiger partial charge on any atom is -0.381 e. The highest BCUT2D eigenvalue weighted by Gasteiger charge is 1.86. The molecule has 1 aromatic rings. The summed E-state index contributed by atoms with van der Waals surface area (Å²) in [5.74, 6) is 0. The van der Waals surface area contributed by atoms with Gasteiger partial charge < -0.3 is 5.11 Å². The second-order valence-electron chi connectivity index (χ2n) is 2.91. The smallest absolute Gasteiger partial charge is 0.0931 e. The zero-order valence-electron chi connectivity index (χ0n) is 8.96. The van der Waals surface area contributed by atoms with Gasteiger partial charge in [0.15, 0.2) is 0 Å². The van der Waals surface area contributed by atoms with Crippen molar-refractivity contribution in [2.45, 2.75) is 13.8 Å². The maximum Gasteiger partial charge on any atom is 0.0931 e. The van der Waals surface area contributed by atoms with Gasteiger partial charge in [-0.1, -0.05) is 49.4 Å². The van der Waals surface area contributed by atoms with Crippen LogP contribution in [0.15, 0.2) is 36.9 Å². The van der Waals surface area contributed by atoms with Crippen molar-refractivity contribution < 1.29 is 5.11 Å². The van der Waals surface area contributed by atoms with Crippen LogP contribution in [0.3, 0.4) is 0 Å². The topological polar surface area (TPSA) is 32.3 Å². The summed E-state index contributed by atoms with van der Waals surface area (Å²) in [5, 5.41) is 10.6. The molecule has 0 heterocycles. The Labute approximate surface area is 86.3 Å². The van der Waals surface area contributed by atoms with Crippen molar-refractivity contribution in [1.82, 2.24) is 5.32 Å². The lowest BCUT2D eigenvalue weighted by Gasteiger charge is -1.94. The average Bonchev–Trinajstić information content (AvgIpc) is 2.21. The maximum atomic E-state index is 7.96. The molecule has 0 atom stereocenters. The van der Waals surface area contributed by atoms with Gasteiger partial charge in [-0.3, -0.25) is 5.32 Å². The van der Waals surface area contributed by atoms with Gasteiger partial charge >= 0.3 is 0 Å². The molecule has 1 rings (SSSR count). The Bertz CT molecular complexity index is 242. The molecule has 0 fully saturated rings. The van der Waals surface area contributed by atoms with E-state index in [1.807, 2.05) is 32.0 Å². The molecular weight excluding hydrogens is 174 g/mol. The van der Waals surface area contributed by atoms with Crippen molar-refractivity contribution in [2.24, 2.45) is 0 Å². The van der Waals surface area contributed by atoms with Gasteiger partial charge in [0.25, 0.3) is 0 Å². The molecule has 0 saturated heterocycles. The Morgan fingerprint density at radius 3 is 2.14 bits per heavy atom. The minimum atomic E-state index is 0.0938. The highest BCUT2D eigenvalue weighted by Crippen LogP contribution is 2.08. The predicted octanol–water partition coefficient (Wildman–Crippen LogP) is 2.27. The first-order valence-corrected chi connectivity index (χ1v) is 4.74. The van der Waals surface area contributed by atoms with Crippen molar-refractivity contribution in [3.8, 4) is 0 Å². The Balaban J connectivity index is 0.000000292. The average molecular weight is 193 g/mol. The summed E-state index contributed by atoms with van der Waals surface area (Å²) < 4.78 is 0. The van der Waals surface area contributed by atoms with Crippen LogP contribution in [0.5, 0.6) is 0 Å². The van der Waals surface area contributed by atoms with E-state index in [0.29, 0.717) is 0 Å². The van der Waals surface area contributed by atoms with E-state index in [1.165, 1.54) is 5.56 Å². The number of rotatable bonds is 3. The third-order valence-electron chi connectivity index (χ3n) is 1.63. The molecule has 14 heavy (non-hydrogen) atoms. The quantitative estimate of drug-likeness (QED) is 0.722. The summed E-state index contributed by atoms with van der Waals surface area (Å²) in [6.07, 6.45) is 0. The summed E-state index contributed by atoms with van der Waals surface area (Å²) in [7, 11) is 0. The van der Waals surface area contributed by atoms with Crippen LogP contribution in [-0.4, -0.2) is 18.4 Å². The summed E-state index contributed by atoms with van der Waals surface area (Å²) in [6.45, 7) is 8.71. The SMILES string of the molecule is C=C(C)c1ccccc1.CCNCO. The van der Waals surface area contributed by atoms with E-state index in [1.54, 1.807) is 0 Å². The van der Waals surface area contributed by atoms with E-state index in [-0.39, 0.29) is 6.73 Å². The molecule has 0 spiro atoms. The fourth-order valence-corrected chi connectivity index (χ4v) is 0.834. The van der Waals surface area contributed by atoms with E-state index in [2.05, 4.69) is 24.0 Å². The van der Waals surface area contributed by atoms with Gasteiger partial charge in [-0.25, -0.2) is 0 Å². The molecular formula is C12H19NO. The van der Waals surface area contributed by atoms with Crippen LogP contribution in [0.4, 0.5) is 0 Å². The maximum absolute atomic E-state index is 7.96. The van der Waals surface area contributed by atoms with Crippen molar-refractivity contribution in [3.63, 3.8) is 0 Å².